The Labute approximate surface area is 187 Å². The monoisotopic (exact) mass is 447 g/mol. The predicted molar refractivity (Wildman–Crippen MR) is 126 cm³/mol. The number of methoxy groups -OCH3 is 1. The number of ether oxygens (including phenoxy) is 1. The third-order valence-corrected chi connectivity index (χ3v) is 8.20. The molecular weight excluding hydrogens is 421 g/mol. The molecule has 0 aliphatic heterocycles. The zero-order valence-corrected chi connectivity index (χ0v) is 19.6. The maximum absolute atomic E-state index is 14.0. The van der Waals surface area contributed by atoms with Crippen LogP contribution in [0.5, 0.6) is 5.75 Å². The number of rotatable bonds is 7. The number of Topliss-reactive ketones (excluding diaryl/α,β-unsaturated/α-hetero) is 1. The molecule has 32 heavy (non-hydrogen) atoms. The van der Waals surface area contributed by atoms with Crippen molar-refractivity contribution in [2.45, 2.75) is 31.2 Å². The molecule has 4 rings (SSSR count). The van der Waals surface area contributed by atoms with Crippen molar-refractivity contribution in [2.24, 2.45) is 0 Å². The van der Waals surface area contributed by atoms with Crippen molar-refractivity contribution >= 4 is 24.9 Å². The molecule has 2 atom stereocenters. The molecule has 1 aromatic heterocycles. The van der Waals surface area contributed by atoms with Crippen molar-refractivity contribution in [3.05, 3.63) is 89.7 Å². The molecule has 7 heteroatoms. The molecule has 1 heterocycles. The van der Waals surface area contributed by atoms with Gasteiger partial charge < -0.3 is 4.74 Å². The highest BCUT2D eigenvalue weighted by atomic mass is 28.3. The maximum Gasteiger partial charge on any atom is 0.165 e. The van der Waals surface area contributed by atoms with Gasteiger partial charge in [-0.1, -0.05) is 49.1 Å². The van der Waals surface area contributed by atoms with Gasteiger partial charge in [-0.05, 0) is 54.1 Å². The molecule has 2 unspecified atom stereocenters. The first kappa shape index (κ1) is 21.9. The molecule has 0 fully saturated rings. The zero-order chi connectivity index (χ0) is 22.9. The van der Waals surface area contributed by atoms with E-state index in [9.17, 15) is 9.18 Å². The van der Waals surface area contributed by atoms with Crippen LogP contribution in [0.2, 0.25) is 25.2 Å². The second kappa shape index (κ2) is 8.67. The van der Waals surface area contributed by atoms with Gasteiger partial charge in [-0.3, -0.25) is 4.79 Å². The molecule has 4 aromatic rings. The number of hydrogen-bond acceptors (Lipinski definition) is 4. The Bertz CT molecular complexity index is 1230. The highest BCUT2D eigenvalue weighted by Crippen LogP contribution is 2.42. The minimum atomic E-state index is -2.12. The van der Waals surface area contributed by atoms with E-state index in [2.05, 4.69) is 30.0 Å². The van der Waals surface area contributed by atoms with Crippen molar-refractivity contribution in [2.75, 3.05) is 7.11 Å². The first-order chi connectivity index (χ1) is 15.3. The van der Waals surface area contributed by atoms with Crippen molar-refractivity contribution < 1.29 is 13.9 Å². The lowest BCUT2D eigenvalue weighted by Gasteiger charge is -2.35. The van der Waals surface area contributed by atoms with Crippen LogP contribution in [0.3, 0.4) is 0 Å². The Morgan fingerprint density at radius 2 is 1.62 bits per heavy atom. The molecule has 0 N–H and O–H groups in total. The number of carbonyl (C=O) groups excluding carboxylic acids is 1. The number of carbonyl (C=O) groups is 1. The molecule has 0 saturated heterocycles. The predicted octanol–water partition coefficient (Wildman–Crippen LogP) is 5.76. The number of fused-ring (bicyclic) bond motifs is 1. The Morgan fingerprint density at radius 3 is 2.25 bits per heavy atom. The Kier molecular flexibility index (Phi) is 5.93. The van der Waals surface area contributed by atoms with Crippen molar-refractivity contribution in [3.8, 4) is 5.75 Å². The number of para-hydroxylation sites is 1. The van der Waals surface area contributed by atoms with E-state index in [1.54, 1.807) is 43.5 Å². The van der Waals surface area contributed by atoms with Gasteiger partial charge in [0.1, 0.15) is 17.1 Å². The largest absolute Gasteiger partial charge is 0.497 e. The van der Waals surface area contributed by atoms with Gasteiger partial charge in [-0.2, -0.15) is 0 Å². The summed E-state index contributed by atoms with van der Waals surface area (Å²) in [6.07, 6.45) is 0. The first-order valence-electron chi connectivity index (χ1n) is 10.5. The Morgan fingerprint density at radius 1 is 0.969 bits per heavy atom. The van der Waals surface area contributed by atoms with Gasteiger partial charge in [0.05, 0.1) is 26.7 Å². The summed E-state index contributed by atoms with van der Waals surface area (Å²) < 4.78 is 20.8. The third kappa shape index (κ3) is 4.20. The highest BCUT2D eigenvalue weighted by molar-refractivity contribution is 6.81. The number of hydrogen-bond donors (Lipinski definition) is 0. The van der Waals surface area contributed by atoms with E-state index < -0.39 is 14.1 Å². The van der Waals surface area contributed by atoms with E-state index in [1.165, 1.54) is 12.1 Å². The second-order valence-corrected chi connectivity index (χ2v) is 14.3. The topological polar surface area (TPSA) is 57.0 Å². The second-order valence-electron chi connectivity index (χ2n) is 8.96. The third-order valence-electron chi connectivity index (χ3n) is 5.76. The molecule has 0 radical (unpaired) electrons. The fourth-order valence-electron chi connectivity index (χ4n) is 4.17. The number of aromatic nitrogens is 3. The molecule has 164 valence electrons. The number of halogens is 1. The number of nitrogens with zero attached hydrogens (tertiary/aromatic N) is 3. The molecule has 5 nitrogen and oxygen atoms in total. The molecule has 0 aliphatic carbocycles. The fraction of sp³-hybridized carbons (Fsp3) is 0.240. The Hall–Kier alpha value is -3.32. The van der Waals surface area contributed by atoms with Crippen LogP contribution in [0.4, 0.5) is 4.39 Å². The van der Waals surface area contributed by atoms with Gasteiger partial charge in [0.25, 0.3) is 0 Å². The van der Waals surface area contributed by atoms with Crippen LogP contribution >= 0.6 is 0 Å². The smallest absolute Gasteiger partial charge is 0.165 e. The first-order valence-corrected chi connectivity index (χ1v) is 14.1. The molecule has 0 bridgehead atoms. The summed E-state index contributed by atoms with van der Waals surface area (Å²) in [6.45, 7) is 6.53. The van der Waals surface area contributed by atoms with Crippen LogP contribution in [-0.2, 0) is 0 Å². The average molecular weight is 448 g/mol. The van der Waals surface area contributed by atoms with Crippen LogP contribution in [-0.4, -0.2) is 36.0 Å². The van der Waals surface area contributed by atoms with E-state index >= 15 is 0 Å². The summed E-state index contributed by atoms with van der Waals surface area (Å²) in [5, 5.41) is 8.78. The Balaban J connectivity index is 1.91. The highest BCUT2D eigenvalue weighted by Gasteiger charge is 2.42. The van der Waals surface area contributed by atoms with E-state index in [1.807, 2.05) is 28.9 Å². The summed E-state index contributed by atoms with van der Waals surface area (Å²) in [4.78, 5) is 14.0. The molecule has 0 aliphatic rings. The van der Waals surface area contributed by atoms with Crippen molar-refractivity contribution in [3.63, 3.8) is 0 Å². The summed E-state index contributed by atoms with van der Waals surface area (Å²) in [6, 6.07) is 20.8. The normalized spacial score (nSPS) is 13.7. The van der Waals surface area contributed by atoms with Crippen LogP contribution in [0.15, 0.2) is 72.8 Å². The van der Waals surface area contributed by atoms with Crippen LogP contribution in [0, 0.1) is 5.82 Å². The lowest BCUT2D eigenvalue weighted by molar-refractivity contribution is 0.0964. The quantitative estimate of drug-likeness (QED) is 0.267. The summed E-state index contributed by atoms with van der Waals surface area (Å²) in [5.74, 6) is 0.422. The lowest BCUT2D eigenvalue weighted by Crippen LogP contribution is -2.40. The van der Waals surface area contributed by atoms with E-state index in [0.717, 1.165) is 16.6 Å². The van der Waals surface area contributed by atoms with Gasteiger partial charge >= 0.3 is 0 Å². The lowest BCUT2D eigenvalue weighted by atomic mass is 9.96. The molecule has 0 spiro atoms. The maximum atomic E-state index is 14.0. The number of ketones is 1. The van der Waals surface area contributed by atoms with Crippen molar-refractivity contribution in [1.29, 1.82) is 0 Å². The van der Waals surface area contributed by atoms with E-state index in [4.69, 9.17) is 4.74 Å². The van der Waals surface area contributed by atoms with Crippen molar-refractivity contribution in [1.82, 2.24) is 15.0 Å². The minimum Gasteiger partial charge on any atom is -0.497 e. The van der Waals surface area contributed by atoms with Crippen LogP contribution in [0.25, 0.3) is 11.0 Å². The molecule has 3 aromatic carbocycles. The van der Waals surface area contributed by atoms with E-state index in [0.29, 0.717) is 11.3 Å². The van der Waals surface area contributed by atoms with Crippen LogP contribution in [0.1, 0.15) is 22.0 Å². The molecule has 0 saturated carbocycles. The SMILES string of the molecule is COc1ccc(C(=O)C(C(c2ccc(F)cc2)n2nnc3ccccc32)[Si](C)(C)C)cc1. The van der Waals surface area contributed by atoms with Gasteiger partial charge in [0, 0.05) is 11.1 Å². The molecule has 0 amide bonds. The average Bonchev–Trinajstić information content (AvgIpc) is 3.21. The van der Waals surface area contributed by atoms with Gasteiger partial charge in [-0.25, -0.2) is 9.07 Å². The number of benzene rings is 3. The van der Waals surface area contributed by atoms with Gasteiger partial charge in [0.2, 0.25) is 0 Å². The summed E-state index contributed by atoms with van der Waals surface area (Å²) in [7, 11) is -0.521. The van der Waals surface area contributed by atoms with E-state index in [-0.39, 0.29) is 17.1 Å². The summed E-state index contributed by atoms with van der Waals surface area (Å²) in [5.41, 5.74) is 2.69. The molecular formula is C25H26FN3O2Si. The van der Waals surface area contributed by atoms with Crippen LogP contribution < -0.4 is 4.74 Å². The standard InChI is InChI=1S/C25H26FN3O2Si/c1-31-20-15-11-18(12-16-20)24(30)25(32(2,3)4)23(17-9-13-19(26)14-10-17)29-22-8-6-5-7-21(22)27-28-29/h5-16,23,25H,1-4H3. The minimum absolute atomic E-state index is 0.0423. The fourth-order valence-corrected chi connectivity index (χ4v) is 6.41. The zero-order valence-electron chi connectivity index (χ0n) is 18.6. The van der Waals surface area contributed by atoms with Gasteiger partial charge in [0.15, 0.2) is 5.78 Å². The van der Waals surface area contributed by atoms with Gasteiger partial charge in [-0.15, -0.1) is 5.10 Å². The summed E-state index contributed by atoms with van der Waals surface area (Å²) >= 11 is 0.